The van der Waals surface area contributed by atoms with E-state index in [1.807, 2.05) is 0 Å². The zero-order chi connectivity index (χ0) is 21.2. The van der Waals surface area contributed by atoms with Crippen molar-refractivity contribution < 1.29 is 64.9 Å². The Morgan fingerprint density at radius 2 is 1.18 bits per heavy atom. The molecule has 0 saturated carbocycles. The molecule has 28 heavy (non-hydrogen) atoms. The highest BCUT2D eigenvalue weighted by Gasteiger charge is 2.52. The summed E-state index contributed by atoms with van der Waals surface area (Å²) in [6.45, 7) is -1.57. The fourth-order valence-electron chi connectivity index (χ4n) is 3.18. The first-order chi connectivity index (χ1) is 13.2. The number of hydrogen-bond donors (Lipinski definition) is 9. The van der Waals surface area contributed by atoms with Crippen LogP contribution in [0.2, 0.25) is 0 Å². The summed E-state index contributed by atoms with van der Waals surface area (Å²) in [5.74, 6) is 0. The lowest BCUT2D eigenvalue weighted by Gasteiger charge is -2.47. The van der Waals surface area contributed by atoms with Gasteiger partial charge in [-0.25, -0.2) is 0 Å². The average molecular weight is 416 g/mol. The molecule has 0 amide bonds. The van der Waals surface area contributed by atoms with Crippen molar-refractivity contribution in [3.8, 4) is 0 Å². The highest BCUT2D eigenvalue weighted by Crippen LogP contribution is 2.31. The number of ether oxygens (including phenoxy) is 4. The molecule has 13 heteroatoms. The summed E-state index contributed by atoms with van der Waals surface area (Å²) in [5.41, 5.74) is 0. The highest BCUT2D eigenvalue weighted by atomic mass is 16.8. The number of aliphatic hydroxyl groups is 9. The molecule has 0 bridgehead atoms. The second kappa shape index (κ2) is 9.99. The number of methoxy groups -OCH3 is 1. The number of rotatable bonds is 7. The van der Waals surface area contributed by atoms with Crippen LogP contribution in [-0.4, -0.2) is 140 Å². The molecule has 13 nitrogen and oxygen atoms in total. The Morgan fingerprint density at radius 1 is 0.714 bits per heavy atom. The largest absolute Gasteiger partial charge is 0.394 e. The molecule has 2 aliphatic rings. The summed E-state index contributed by atoms with van der Waals surface area (Å²) in [5, 5.41) is 87.9. The van der Waals surface area contributed by atoms with Crippen LogP contribution in [0.4, 0.5) is 0 Å². The van der Waals surface area contributed by atoms with E-state index in [0.717, 1.165) is 0 Å². The Morgan fingerprint density at radius 3 is 1.64 bits per heavy atom. The van der Waals surface area contributed by atoms with Gasteiger partial charge in [0.25, 0.3) is 0 Å². The van der Waals surface area contributed by atoms with Crippen LogP contribution in [0.5, 0.6) is 0 Å². The fraction of sp³-hybridized carbons (Fsp3) is 1.00. The molecule has 9 N–H and O–H groups in total. The molecule has 2 aliphatic heterocycles. The van der Waals surface area contributed by atoms with Crippen LogP contribution >= 0.6 is 0 Å². The first-order valence-corrected chi connectivity index (χ1v) is 8.65. The van der Waals surface area contributed by atoms with E-state index >= 15 is 0 Å². The quantitative estimate of drug-likeness (QED) is 0.189. The van der Waals surface area contributed by atoms with Gasteiger partial charge in [-0.3, -0.25) is 0 Å². The Balaban J connectivity index is 2.17. The van der Waals surface area contributed by atoms with Crippen molar-refractivity contribution in [3.63, 3.8) is 0 Å². The lowest BCUT2D eigenvalue weighted by atomic mass is 9.94. The van der Waals surface area contributed by atoms with Crippen LogP contribution in [0.25, 0.3) is 0 Å². The molecule has 0 aromatic heterocycles. The van der Waals surface area contributed by atoms with Crippen molar-refractivity contribution in [2.24, 2.45) is 0 Å². The van der Waals surface area contributed by atoms with Crippen LogP contribution in [0.3, 0.4) is 0 Å². The second-order valence-corrected chi connectivity index (χ2v) is 6.73. The van der Waals surface area contributed by atoms with Gasteiger partial charge in [0.15, 0.2) is 12.6 Å². The Labute approximate surface area is 159 Å². The number of aliphatic hydroxyl groups excluding tert-OH is 9. The Hall–Kier alpha value is -0.520. The summed E-state index contributed by atoms with van der Waals surface area (Å²) >= 11 is 0. The van der Waals surface area contributed by atoms with Crippen LogP contribution in [0.1, 0.15) is 0 Å². The van der Waals surface area contributed by atoms with Crippen LogP contribution in [0.15, 0.2) is 0 Å². The SMILES string of the molecule is CO[C@H]1O[C@H]([C@H](O)CO)[C@@H](O)[C@H](O)[C@@H]1O[C@H]1O[C@H]([C@H](O)CO)[C@@H](O)[C@H](O)[C@@H]1O. The summed E-state index contributed by atoms with van der Waals surface area (Å²) < 4.78 is 20.9. The maximum atomic E-state index is 10.3. The van der Waals surface area contributed by atoms with Crippen molar-refractivity contribution >= 4 is 0 Å². The highest BCUT2D eigenvalue weighted by molar-refractivity contribution is 4.96. The Kier molecular flexibility index (Phi) is 8.48. The van der Waals surface area contributed by atoms with Crippen LogP contribution < -0.4 is 0 Å². The topological polar surface area (TPSA) is 219 Å². The van der Waals surface area contributed by atoms with Crippen molar-refractivity contribution in [1.82, 2.24) is 0 Å². The molecule has 2 saturated heterocycles. The maximum absolute atomic E-state index is 10.3. The molecule has 2 heterocycles. The van der Waals surface area contributed by atoms with E-state index in [1.54, 1.807) is 0 Å². The van der Waals surface area contributed by atoms with E-state index in [1.165, 1.54) is 7.11 Å². The lowest BCUT2D eigenvalue weighted by Crippen LogP contribution is -2.66. The zero-order valence-electron chi connectivity index (χ0n) is 15.0. The van der Waals surface area contributed by atoms with Gasteiger partial charge in [0.2, 0.25) is 0 Å². The molecular formula is C15H28O13. The van der Waals surface area contributed by atoms with E-state index in [2.05, 4.69) is 0 Å². The first kappa shape index (κ1) is 23.8. The van der Waals surface area contributed by atoms with Crippen molar-refractivity contribution in [1.29, 1.82) is 0 Å². The molecule has 0 radical (unpaired) electrons. The average Bonchev–Trinajstić information content (AvgIpc) is 2.70. The van der Waals surface area contributed by atoms with E-state index in [-0.39, 0.29) is 0 Å². The fourth-order valence-corrected chi connectivity index (χ4v) is 3.18. The van der Waals surface area contributed by atoms with Gasteiger partial charge < -0.3 is 64.9 Å². The van der Waals surface area contributed by atoms with Crippen molar-refractivity contribution in [3.05, 3.63) is 0 Å². The lowest BCUT2D eigenvalue weighted by molar-refractivity contribution is -0.372. The zero-order valence-corrected chi connectivity index (χ0v) is 15.0. The van der Waals surface area contributed by atoms with Crippen molar-refractivity contribution in [2.75, 3.05) is 20.3 Å². The van der Waals surface area contributed by atoms with Gasteiger partial charge in [-0.1, -0.05) is 0 Å². The van der Waals surface area contributed by atoms with Crippen molar-refractivity contribution in [2.45, 2.75) is 73.6 Å². The van der Waals surface area contributed by atoms with Gasteiger partial charge in [0.1, 0.15) is 61.0 Å². The minimum atomic E-state index is -1.82. The number of hydrogen-bond acceptors (Lipinski definition) is 13. The molecule has 166 valence electrons. The molecule has 2 fully saturated rings. The second-order valence-electron chi connectivity index (χ2n) is 6.73. The van der Waals surface area contributed by atoms with Gasteiger partial charge in [-0.15, -0.1) is 0 Å². The van der Waals surface area contributed by atoms with Crippen LogP contribution in [0, 0.1) is 0 Å². The van der Waals surface area contributed by atoms with E-state index in [9.17, 15) is 35.7 Å². The summed E-state index contributed by atoms with van der Waals surface area (Å²) in [4.78, 5) is 0. The monoisotopic (exact) mass is 416 g/mol. The van der Waals surface area contributed by atoms with Gasteiger partial charge in [0, 0.05) is 7.11 Å². The summed E-state index contributed by atoms with van der Waals surface area (Å²) in [6, 6.07) is 0. The normalized spacial score (nSPS) is 46.9. The molecule has 0 aliphatic carbocycles. The van der Waals surface area contributed by atoms with Crippen LogP contribution in [-0.2, 0) is 18.9 Å². The minimum absolute atomic E-state index is 0.758. The maximum Gasteiger partial charge on any atom is 0.187 e. The molecular weight excluding hydrogens is 388 g/mol. The molecule has 0 aromatic carbocycles. The predicted octanol–water partition coefficient (Wildman–Crippen LogP) is -6.02. The van der Waals surface area contributed by atoms with E-state index < -0.39 is 86.8 Å². The minimum Gasteiger partial charge on any atom is -0.394 e. The third-order valence-corrected chi connectivity index (χ3v) is 4.85. The smallest absolute Gasteiger partial charge is 0.187 e. The third-order valence-electron chi connectivity index (χ3n) is 4.85. The Bertz CT molecular complexity index is 479. The molecule has 2 rings (SSSR count). The van der Waals surface area contributed by atoms with Gasteiger partial charge in [0.05, 0.1) is 13.2 Å². The summed E-state index contributed by atoms with van der Waals surface area (Å²) in [6.07, 6.45) is -19.5. The van der Waals surface area contributed by atoms with Gasteiger partial charge in [-0.2, -0.15) is 0 Å². The molecule has 0 aromatic rings. The van der Waals surface area contributed by atoms with E-state index in [0.29, 0.717) is 0 Å². The standard InChI is InChI=1S/C15H28O13/c1-25-15-13(9(23)8(22)12(27-15)5(19)3-17)28-14-10(24)6(20)7(21)11(26-14)4(18)2-16/h4-24H,2-3H2,1H3/t4-,5-,6+,7+,8+,9+,10+,11-,12-,13+,14-,15+/m1/s1. The molecule has 0 unspecified atom stereocenters. The molecule has 12 atom stereocenters. The van der Waals surface area contributed by atoms with Gasteiger partial charge in [-0.05, 0) is 0 Å². The third kappa shape index (κ3) is 4.62. The predicted molar refractivity (Wildman–Crippen MR) is 85.4 cm³/mol. The summed E-state index contributed by atoms with van der Waals surface area (Å²) in [7, 11) is 1.17. The first-order valence-electron chi connectivity index (χ1n) is 8.65. The van der Waals surface area contributed by atoms with E-state index in [4.69, 9.17) is 29.2 Å². The molecule has 0 spiro atoms. The van der Waals surface area contributed by atoms with Gasteiger partial charge >= 0.3 is 0 Å².